The van der Waals surface area contributed by atoms with Gasteiger partial charge in [-0.05, 0) is 61.9 Å². The normalized spacial score (nSPS) is 19.8. The smallest absolute Gasteiger partial charge is 0.325 e. The van der Waals surface area contributed by atoms with Gasteiger partial charge in [0, 0.05) is 23.3 Å². The number of anilines is 1. The van der Waals surface area contributed by atoms with Gasteiger partial charge in [-0.2, -0.15) is 0 Å². The Balaban J connectivity index is 1.98. The van der Waals surface area contributed by atoms with Gasteiger partial charge in [-0.1, -0.05) is 17.7 Å². The second-order valence-electron chi connectivity index (χ2n) is 7.27. The van der Waals surface area contributed by atoms with Crippen molar-refractivity contribution in [2.45, 2.75) is 26.3 Å². The first kappa shape index (κ1) is 20.5. The summed E-state index contributed by atoms with van der Waals surface area (Å²) >= 11 is 7.27. The highest BCUT2D eigenvalue weighted by Gasteiger charge is 2.37. The van der Waals surface area contributed by atoms with E-state index in [0.717, 1.165) is 33.5 Å². The molecule has 1 saturated heterocycles. The van der Waals surface area contributed by atoms with Gasteiger partial charge in [0.2, 0.25) is 0 Å². The first-order valence-corrected chi connectivity index (χ1v) is 9.84. The lowest BCUT2D eigenvalue weighted by Gasteiger charge is -2.40. The Bertz CT molecular complexity index is 952. The number of fused-ring (bicyclic) bond motifs is 1. The van der Waals surface area contributed by atoms with Crippen LogP contribution in [-0.2, 0) is 14.3 Å². The molecule has 0 radical (unpaired) electrons. The Hall–Kier alpha value is -2.25. The van der Waals surface area contributed by atoms with Crippen molar-refractivity contribution in [2.24, 2.45) is 0 Å². The molecule has 1 aromatic carbocycles. The van der Waals surface area contributed by atoms with Crippen molar-refractivity contribution in [2.75, 3.05) is 25.6 Å². The molecule has 28 heavy (non-hydrogen) atoms. The molecule has 0 aliphatic carbocycles. The maximum Gasteiger partial charge on any atom is 0.325 e. The van der Waals surface area contributed by atoms with Gasteiger partial charge < -0.3 is 9.64 Å². The number of methoxy groups -OCH3 is 1. The highest BCUT2D eigenvalue weighted by atomic mass is 35.5. The van der Waals surface area contributed by atoms with Crippen LogP contribution in [0.1, 0.15) is 31.9 Å². The minimum atomic E-state index is -0.651. The molecule has 0 unspecified atom stereocenters. The van der Waals surface area contributed by atoms with Crippen LogP contribution in [0.4, 0.5) is 10.5 Å². The zero-order valence-electron chi connectivity index (χ0n) is 16.3. The quantitative estimate of drug-likeness (QED) is 0.539. The molecule has 0 N–H and O–H groups in total. The maximum absolute atomic E-state index is 12.5. The van der Waals surface area contributed by atoms with Crippen molar-refractivity contribution in [3.8, 4) is 0 Å². The van der Waals surface area contributed by atoms with E-state index >= 15 is 0 Å². The predicted molar refractivity (Wildman–Crippen MR) is 112 cm³/mol. The third-order valence-corrected chi connectivity index (χ3v) is 6.25. The second kappa shape index (κ2) is 7.29. The number of carbonyl (C=O) groups excluding carboxylic acids is 3. The van der Waals surface area contributed by atoms with Crippen molar-refractivity contribution in [1.29, 1.82) is 0 Å². The Morgan fingerprint density at radius 3 is 2.64 bits per heavy atom. The molecule has 0 atom stereocenters. The van der Waals surface area contributed by atoms with Crippen molar-refractivity contribution in [1.82, 2.24) is 4.90 Å². The topological polar surface area (TPSA) is 66.9 Å². The first-order valence-electron chi connectivity index (χ1n) is 8.64. The number of imide groups is 1. The largest absolute Gasteiger partial charge is 0.468 e. The van der Waals surface area contributed by atoms with E-state index in [1.165, 1.54) is 7.11 Å². The third kappa shape index (κ3) is 3.56. The van der Waals surface area contributed by atoms with E-state index in [1.54, 1.807) is 6.08 Å². The van der Waals surface area contributed by atoms with E-state index < -0.39 is 23.7 Å². The standard InChI is InChI=1S/C20H21ClN2O4S/c1-11-9-20(2,3)22(4)15-8-14(21)12(6-13(11)15)7-16-18(25)23(19(26)28-16)10-17(24)27-5/h6-9H,10H2,1-5H3/b16-7-. The van der Waals surface area contributed by atoms with Crippen molar-refractivity contribution in [3.05, 3.63) is 39.3 Å². The Kier molecular flexibility index (Phi) is 5.34. The summed E-state index contributed by atoms with van der Waals surface area (Å²) in [6.45, 7) is 5.88. The van der Waals surface area contributed by atoms with Gasteiger partial charge in [0.05, 0.1) is 17.6 Å². The Labute approximate surface area is 173 Å². The number of allylic oxidation sites excluding steroid dienone is 1. The molecular weight excluding hydrogens is 400 g/mol. The summed E-state index contributed by atoms with van der Waals surface area (Å²) < 4.78 is 4.54. The van der Waals surface area contributed by atoms with Crippen LogP contribution in [0.25, 0.3) is 11.6 Å². The lowest BCUT2D eigenvalue weighted by molar-refractivity contribution is -0.143. The molecule has 0 aromatic heterocycles. The Morgan fingerprint density at radius 1 is 1.32 bits per heavy atom. The first-order chi connectivity index (χ1) is 13.0. The monoisotopic (exact) mass is 420 g/mol. The van der Waals surface area contributed by atoms with Gasteiger partial charge >= 0.3 is 5.97 Å². The van der Waals surface area contributed by atoms with E-state index in [0.29, 0.717) is 10.6 Å². The van der Waals surface area contributed by atoms with E-state index in [4.69, 9.17) is 11.6 Å². The van der Waals surface area contributed by atoms with E-state index in [1.807, 2.05) is 26.1 Å². The fraction of sp³-hybridized carbons (Fsp3) is 0.350. The molecule has 2 amide bonds. The van der Waals surface area contributed by atoms with Gasteiger partial charge in [-0.15, -0.1) is 0 Å². The number of nitrogens with zero attached hydrogens (tertiary/aromatic N) is 2. The van der Waals surface area contributed by atoms with Crippen LogP contribution >= 0.6 is 23.4 Å². The average molecular weight is 421 g/mol. The van der Waals surface area contributed by atoms with Gasteiger partial charge in [-0.3, -0.25) is 19.3 Å². The van der Waals surface area contributed by atoms with Gasteiger partial charge in [0.25, 0.3) is 11.1 Å². The molecule has 2 aliphatic rings. The number of ether oxygens (including phenoxy) is 1. The van der Waals surface area contributed by atoms with E-state index in [-0.39, 0.29) is 10.4 Å². The molecule has 6 nitrogen and oxygen atoms in total. The summed E-state index contributed by atoms with van der Waals surface area (Å²) in [5.74, 6) is -1.18. The lowest BCUT2D eigenvalue weighted by atomic mass is 9.88. The Morgan fingerprint density at radius 2 is 2.00 bits per heavy atom. The lowest BCUT2D eigenvalue weighted by Crippen LogP contribution is -2.42. The molecule has 1 fully saturated rings. The number of hydrogen-bond acceptors (Lipinski definition) is 6. The number of esters is 1. The number of halogens is 1. The van der Waals surface area contributed by atoms with Crippen molar-refractivity contribution in [3.63, 3.8) is 0 Å². The zero-order valence-corrected chi connectivity index (χ0v) is 17.9. The van der Waals surface area contributed by atoms with Crippen molar-refractivity contribution < 1.29 is 19.1 Å². The summed E-state index contributed by atoms with van der Waals surface area (Å²) in [4.78, 5) is 39.3. The minimum Gasteiger partial charge on any atom is -0.468 e. The van der Waals surface area contributed by atoms with Crippen LogP contribution in [0.15, 0.2) is 23.1 Å². The van der Waals surface area contributed by atoms with E-state index in [9.17, 15) is 14.4 Å². The summed E-state index contributed by atoms with van der Waals surface area (Å²) in [7, 11) is 3.22. The number of thioether (sulfide) groups is 1. The number of carbonyl (C=O) groups is 3. The average Bonchev–Trinajstić information content (AvgIpc) is 2.88. The number of rotatable bonds is 3. The molecule has 0 spiro atoms. The summed E-state index contributed by atoms with van der Waals surface area (Å²) in [6, 6.07) is 3.79. The summed E-state index contributed by atoms with van der Waals surface area (Å²) in [6.07, 6.45) is 3.77. The molecule has 3 rings (SSSR count). The zero-order chi connectivity index (χ0) is 20.8. The number of benzene rings is 1. The molecule has 8 heteroatoms. The molecule has 2 heterocycles. The minimum absolute atomic E-state index is 0.140. The number of hydrogen-bond donors (Lipinski definition) is 0. The van der Waals surface area contributed by atoms with E-state index in [2.05, 4.69) is 29.6 Å². The highest BCUT2D eigenvalue weighted by molar-refractivity contribution is 8.18. The number of amides is 2. The van der Waals surface area contributed by atoms with Crippen LogP contribution in [0.2, 0.25) is 5.02 Å². The van der Waals surface area contributed by atoms with Gasteiger partial charge in [-0.25, -0.2) is 0 Å². The SMILES string of the molecule is COC(=O)CN1C(=O)S/C(=C\c2cc3c(cc2Cl)N(C)C(C)(C)C=C3C)C1=O. The van der Waals surface area contributed by atoms with Crippen LogP contribution in [0.3, 0.4) is 0 Å². The van der Waals surface area contributed by atoms with Crippen LogP contribution in [0.5, 0.6) is 0 Å². The third-order valence-electron chi connectivity index (χ3n) is 5.01. The molecule has 1 aromatic rings. The number of likely N-dealkylation sites (N-methyl/N-ethyl adjacent to an activating group) is 1. The fourth-order valence-corrected chi connectivity index (χ4v) is 4.31. The molecular formula is C20H21ClN2O4S. The maximum atomic E-state index is 12.5. The van der Waals surface area contributed by atoms with Crippen molar-refractivity contribution >= 4 is 57.8 Å². The van der Waals surface area contributed by atoms with Gasteiger partial charge in [0.15, 0.2) is 0 Å². The molecule has 0 saturated carbocycles. The molecule has 2 aliphatic heterocycles. The molecule has 148 valence electrons. The highest BCUT2D eigenvalue weighted by Crippen LogP contribution is 2.42. The molecule has 0 bridgehead atoms. The van der Waals surface area contributed by atoms with Crippen LogP contribution < -0.4 is 4.90 Å². The van der Waals surface area contributed by atoms with Crippen LogP contribution in [0, 0.1) is 0 Å². The van der Waals surface area contributed by atoms with Gasteiger partial charge in [0.1, 0.15) is 6.54 Å². The summed E-state index contributed by atoms with van der Waals surface area (Å²) in [5, 5.41) is -0.0239. The van der Waals surface area contributed by atoms with Crippen LogP contribution in [-0.4, -0.2) is 48.3 Å². The summed E-state index contributed by atoms with van der Waals surface area (Å²) in [5.41, 5.74) is 3.64. The second-order valence-corrected chi connectivity index (χ2v) is 8.68. The predicted octanol–water partition coefficient (Wildman–Crippen LogP) is 4.18. The fourth-order valence-electron chi connectivity index (χ4n) is 3.27.